The average Bonchev–Trinajstić information content (AvgIpc) is 1.91. The summed E-state index contributed by atoms with van der Waals surface area (Å²) in [6.45, 7) is 3.79. The van der Waals surface area contributed by atoms with E-state index in [4.69, 9.17) is 4.74 Å². The maximum atomic E-state index is 5.39. The normalized spacial score (nSPS) is 25.5. The van der Waals surface area contributed by atoms with Crippen molar-refractivity contribution in [3.05, 3.63) is 0 Å². The zero-order valence-corrected chi connectivity index (χ0v) is 7.04. The molecule has 1 atom stereocenters. The smallest absolute Gasteiger partial charge is 0.0824 e. The number of likely N-dealkylation sites (N-methyl/N-ethyl adjacent to an activating group) is 1. The zero-order chi connectivity index (χ0) is 6.53. The molecule has 0 spiro atoms. The van der Waals surface area contributed by atoms with Crippen LogP contribution in [0.3, 0.4) is 0 Å². The molecule has 0 saturated carbocycles. The maximum Gasteiger partial charge on any atom is 0.0824 e. The third-order valence-electron chi connectivity index (χ3n) is 1.44. The lowest BCUT2D eigenvalue weighted by Gasteiger charge is -2.22. The van der Waals surface area contributed by atoms with Gasteiger partial charge in [-0.2, -0.15) is 0 Å². The minimum atomic E-state index is 0. The fraction of sp³-hybridized carbons (Fsp3) is 1.00. The van der Waals surface area contributed by atoms with Crippen LogP contribution < -0.4 is 10.6 Å². The van der Waals surface area contributed by atoms with Crippen molar-refractivity contribution in [1.82, 2.24) is 10.6 Å². The van der Waals surface area contributed by atoms with Gasteiger partial charge in [-0.25, -0.2) is 0 Å². The highest BCUT2D eigenvalue weighted by molar-refractivity contribution is 5.85. The highest BCUT2D eigenvalue weighted by Crippen LogP contribution is 1.92. The van der Waals surface area contributed by atoms with Crippen molar-refractivity contribution in [1.29, 1.82) is 0 Å². The molecule has 0 aromatic rings. The van der Waals surface area contributed by atoms with E-state index in [-0.39, 0.29) is 12.4 Å². The van der Waals surface area contributed by atoms with Crippen molar-refractivity contribution in [3.63, 3.8) is 0 Å². The molecule has 1 saturated heterocycles. The fourth-order valence-corrected chi connectivity index (χ4v) is 0.979. The molecule has 62 valence electrons. The van der Waals surface area contributed by atoms with E-state index in [1.807, 2.05) is 7.05 Å². The Hall–Kier alpha value is 0.170. The molecule has 0 radical (unpaired) electrons. The lowest BCUT2D eigenvalue weighted by Crippen LogP contribution is -2.43. The molecule has 1 unspecified atom stereocenters. The van der Waals surface area contributed by atoms with Crippen LogP contribution in [0.5, 0.6) is 0 Å². The third kappa shape index (κ3) is 3.37. The summed E-state index contributed by atoms with van der Waals surface area (Å²) in [5.74, 6) is 0. The second-order valence-corrected chi connectivity index (χ2v) is 2.25. The second kappa shape index (κ2) is 5.92. The van der Waals surface area contributed by atoms with Gasteiger partial charge in [0.2, 0.25) is 0 Å². The van der Waals surface area contributed by atoms with Crippen molar-refractivity contribution in [2.45, 2.75) is 6.10 Å². The molecule has 1 heterocycles. The van der Waals surface area contributed by atoms with Gasteiger partial charge in [0.25, 0.3) is 0 Å². The standard InChI is InChI=1S/C6H14N2O.ClH/c1-7-4-6-5-8-2-3-9-6;/h6-8H,2-5H2,1H3;1H. The molecule has 1 rings (SSSR count). The van der Waals surface area contributed by atoms with E-state index in [1.54, 1.807) is 0 Å². The van der Waals surface area contributed by atoms with Crippen LogP contribution in [0.4, 0.5) is 0 Å². The molecular formula is C6H15ClN2O. The van der Waals surface area contributed by atoms with Crippen LogP contribution in [-0.4, -0.2) is 39.4 Å². The van der Waals surface area contributed by atoms with Gasteiger partial charge < -0.3 is 15.4 Å². The molecule has 0 aromatic heterocycles. The van der Waals surface area contributed by atoms with Crippen molar-refractivity contribution in [2.75, 3.05) is 33.3 Å². The van der Waals surface area contributed by atoms with E-state index in [0.29, 0.717) is 6.10 Å². The third-order valence-corrected chi connectivity index (χ3v) is 1.44. The number of nitrogens with one attached hydrogen (secondary N) is 2. The summed E-state index contributed by atoms with van der Waals surface area (Å²) in [5.41, 5.74) is 0. The summed E-state index contributed by atoms with van der Waals surface area (Å²) in [6, 6.07) is 0. The summed E-state index contributed by atoms with van der Waals surface area (Å²) < 4.78 is 5.39. The summed E-state index contributed by atoms with van der Waals surface area (Å²) in [4.78, 5) is 0. The number of ether oxygens (including phenoxy) is 1. The Labute approximate surface area is 67.9 Å². The molecule has 0 amide bonds. The molecule has 0 aromatic carbocycles. The summed E-state index contributed by atoms with van der Waals surface area (Å²) in [5, 5.41) is 6.33. The largest absolute Gasteiger partial charge is 0.374 e. The Morgan fingerprint density at radius 1 is 1.70 bits per heavy atom. The van der Waals surface area contributed by atoms with Crippen LogP contribution in [0.15, 0.2) is 0 Å². The Bertz CT molecular complexity index is 73.4. The minimum Gasteiger partial charge on any atom is -0.374 e. The van der Waals surface area contributed by atoms with Crippen LogP contribution in [0.2, 0.25) is 0 Å². The number of hydrogen-bond donors (Lipinski definition) is 2. The first kappa shape index (κ1) is 10.2. The minimum absolute atomic E-state index is 0. The highest BCUT2D eigenvalue weighted by atomic mass is 35.5. The highest BCUT2D eigenvalue weighted by Gasteiger charge is 2.10. The molecule has 10 heavy (non-hydrogen) atoms. The molecule has 1 fully saturated rings. The van der Waals surface area contributed by atoms with E-state index in [1.165, 1.54) is 0 Å². The summed E-state index contributed by atoms with van der Waals surface area (Å²) >= 11 is 0. The SMILES string of the molecule is CNCC1CNCCO1.Cl. The van der Waals surface area contributed by atoms with Gasteiger partial charge in [-0.3, -0.25) is 0 Å². The summed E-state index contributed by atoms with van der Waals surface area (Å²) in [6.07, 6.45) is 0.378. The molecule has 1 aliphatic rings. The van der Waals surface area contributed by atoms with Gasteiger partial charge in [0.1, 0.15) is 0 Å². The van der Waals surface area contributed by atoms with Crippen LogP contribution in [0, 0.1) is 0 Å². The number of hydrogen-bond acceptors (Lipinski definition) is 3. The van der Waals surface area contributed by atoms with Crippen molar-refractivity contribution in [3.8, 4) is 0 Å². The van der Waals surface area contributed by atoms with Gasteiger partial charge in [-0.15, -0.1) is 12.4 Å². The van der Waals surface area contributed by atoms with E-state index < -0.39 is 0 Å². The molecule has 4 heteroatoms. The zero-order valence-electron chi connectivity index (χ0n) is 6.22. The number of halogens is 1. The lowest BCUT2D eigenvalue weighted by atomic mass is 10.3. The van der Waals surface area contributed by atoms with Gasteiger partial charge in [0.15, 0.2) is 0 Å². The maximum absolute atomic E-state index is 5.39. The van der Waals surface area contributed by atoms with Crippen LogP contribution in [0.1, 0.15) is 0 Å². The molecule has 2 N–H and O–H groups in total. The van der Waals surface area contributed by atoms with Gasteiger partial charge in [0.05, 0.1) is 12.7 Å². The van der Waals surface area contributed by atoms with Gasteiger partial charge in [-0.05, 0) is 7.05 Å². The summed E-state index contributed by atoms with van der Waals surface area (Å²) in [7, 11) is 1.94. The quantitative estimate of drug-likeness (QED) is 0.587. The van der Waals surface area contributed by atoms with Gasteiger partial charge in [-0.1, -0.05) is 0 Å². The van der Waals surface area contributed by atoms with E-state index in [0.717, 1.165) is 26.2 Å². The predicted octanol–water partition coefficient (Wildman–Crippen LogP) is -0.384. The Morgan fingerprint density at radius 2 is 2.50 bits per heavy atom. The average molecular weight is 167 g/mol. The predicted molar refractivity (Wildman–Crippen MR) is 43.8 cm³/mol. The Balaban J connectivity index is 0.000000810. The lowest BCUT2D eigenvalue weighted by molar-refractivity contribution is 0.0304. The van der Waals surface area contributed by atoms with Crippen LogP contribution in [0.25, 0.3) is 0 Å². The molecule has 0 aliphatic carbocycles. The molecule has 1 aliphatic heterocycles. The molecular weight excluding hydrogens is 152 g/mol. The monoisotopic (exact) mass is 166 g/mol. The van der Waals surface area contributed by atoms with Crippen molar-refractivity contribution >= 4 is 12.4 Å². The number of rotatable bonds is 2. The van der Waals surface area contributed by atoms with Gasteiger partial charge >= 0.3 is 0 Å². The van der Waals surface area contributed by atoms with E-state index in [2.05, 4.69) is 10.6 Å². The molecule has 0 bridgehead atoms. The first-order valence-electron chi connectivity index (χ1n) is 3.40. The van der Waals surface area contributed by atoms with Crippen LogP contribution in [-0.2, 0) is 4.74 Å². The van der Waals surface area contributed by atoms with E-state index >= 15 is 0 Å². The number of morpholine rings is 1. The fourth-order valence-electron chi connectivity index (χ4n) is 0.979. The van der Waals surface area contributed by atoms with Crippen molar-refractivity contribution in [2.24, 2.45) is 0 Å². The molecule has 3 nitrogen and oxygen atoms in total. The first-order valence-corrected chi connectivity index (χ1v) is 3.40. The van der Waals surface area contributed by atoms with Gasteiger partial charge in [0, 0.05) is 19.6 Å². The van der Waals surface area contributed by atoms with Crippen LogP contribution >= 0.6 is 12.4 Å². The van der Waals surface area contributed by atoms with E-state index in [9.17, 15) is 0 Å². The Kier molecular flexibility index (Phi) is 6.02. The Morgan fingerprint density at radius 3 is 3.00 bits per heavy atom. The first-order chi connectivity index (χ1) is 4.43. The second-order valence-electron chi connectivity index (χ2n) is 2.25. The topological polar surface area (TPSA) is 33.3 Å². The van der Waals surface area contributed by atoms with Crippen molar-refractivity contribution < 1.29 is 4.74 Å².